The fourth-order valence-corrected chi connectivity index (χ4v) is 2.53. The maximum atomic E-state index is 12.1. The molecule has 0 unspecified atom stereocenters. The number of hydrogen-bond donors (Lipinski definition) is 2. The van der Waals surface area contributed by atoms with E-state index in [1.54, 1.807) is 12.1 Å². The smallest absolute Gasteiger partial charge is 0.338 e. The second-order valence-electron chi connectivity index (χ2n) is 5.57. The molecule has 1 aliphatic heterocycles. The van der Waals surface area contributed by atoms with Crippen molar-refractivity contribution >= 4 is 5.97 Å². The van der Waals surface area contributed by atoms with E-state index in [0.717, 1.165) is 25.9 Å². The Kier molecular flexibility index (Phi) is 4.10. The average molecular weight is 263 g/mol. The topological polar surface area (TPSA) is 58.6 Å². The predicted molar refractivity (Wildman–Crippen MR) is 73.2 cm³/mol. The summed E-state index contributed by atoms with van der Waals surface area (Å²) in [5.74, 6) is 0.0727. The predicted octanol–water partition coefficient (Wildman–Crippen LogP) is 2.33. The lowest BCUT2D eigenvalue weighted by Gasteiger charge is -2.36. The fourth-order valence-electron chi connectivity index (χ4n) is 2.53. The second kappa shape index (κ2) is 5.61. The number of esters is 1. The highest BCUT2D eigenvalue weighted by Gasteiger charge is 2.34. The normalized spacial score (nSPS) is 17.2. The molecule has 2 N–H and O–H groups in total. The minimum atomic E-state index is -0.482. The van der Waals surface area contributed by atoms with Gasteiger partial charge in [0.1, 0.15) is 11.4 Å². The van der Waals surface area contributed by atoms with E-state index in [4.69, 9.17) is 4.74 Å². The summed E-state index contributed by atoms with van der Waals surface area (Å²) < 4.78 is 5.64. The molecule has 0 saturated carbocycles. The van der Waals surface area contributed by atoms with E-state index in [1.165, 1.54) is 12.1 Å². The minimum Gasteiger partial charge on any atom is -0.508 e. The van der Waals surface area contributed by atoms with E-state index in [2.05, 4.69) is 5.32 Å². The highest BCUT2D eigenvalue weighted by Crippen LogP contribution is 2.30. The molecule has 1 heterocycles. The van der Waals surface area contributed by atoms with Crippen LogP contribution in [0.25, 0.3) is 0 Å². The Bertz CT molecular complexity index is 450. The number of rotatable bonds is 3. The van der Waals surface area contributed by atoms with Crippen molar-refractivity contribution in [3.63, 3.8) is 0 Å². The van der Waals surface area contributed by atoms with Crippen molar-refractivity contribution in [1.82, 2.24) is 5.32 Å². The van der Waals surface area contributed by atoms with Gasteiger partial charge in [0.15, 0.2) is 0 Å². The summed E-state index contributed by atoms with van der Waals surface area (Å²) in [5, 5.41) is 12.7. The van der Waals surface area contributed by atoms with Gasteiger partial charge in [-0.2, -0.15) is 0 Å². The first kappa shape index (κ1) is 13.9. The van der Waals surface area contributed by atoms with Crippen LogP contribution >= 0.6 is 0 Å². The molecule has 2 rings (SSSR count). The second-order valence-corrected chi connectivity index (χ2v) is 5.57. The Morgan fingerprint density at radius 3 is 2.68 bits per heavy atom. The number of ether oxygens (including phenoxy) is 1. The highest BCUT2D eigenvalue weighted by molar-refractivity contribution is 5.90. The van der Waals surface area contributed by atoms with Gasteiger partial charge in [0.05, 0.1) is 5.56 Å². The van der Waals surface area contributed by atoms with Gasteiger partial charge in [-0.05, 0) is 58.0 Å². The number of phenols is 1. The number of piperidine rings is 1. The summed E-state index contributed by atoms with van der Waals surface area (Å²) in [6.07, 6.45) is 2.03. The van der Waals surface area contributed by atoms with Crippen LogP contribution in [0.1, 0.15) is 37.0 Å². The number of benzene rings is 1. The first-order valence-electron chi connectivity index (χ1n) is 6.72. The van der Waals surface area contributed by atoms with Crippen LogP contribution in [0.5, 0.6) is 5.75 Å². The molecule has 0 radical (unpaired) electrons. The van der Waals surface area contributed by atoms with Crippen molar-refractivity contribution in [3.05, 3.63) is 29.8 Å². The number of nitrogens with one attached hydrogen (secondary N) is 1. The van der Waals surface area contributed by atoms with E-state index in [-0.39, 0.29) is 11.7 Å². The van der Waals surface area contributed by atoms with Gasteiger partial charge in [0.2, 0.25) is 0 Å². The van der Waals surface area contributed by atoms with Crippen LogP contribution < -0.4 is 5.32 Å². The lowest BCUT2D eigenvalue weighted by Crippen LogP contribution is -2.42. The zero-order valence-corrected chi connectivity index (χ0v) is 11.5. The van der Waals surface area contributed by atoms with Crippen LogP contribution in [0.4, 0.5) is 0 Å². The molecule has 0 amide bonds. The molecule has 0 spiro atoms. The van der Waals surface area contributed by atoms with Gasteiger partial charge in [-0.1, -0.05) is 6.07 Å². The third-order valence-corrected chi connectivity index (χ3v) is 3.76. The van der Waals surface area contributed by atoms with Crippen molar-refractivity contribution in [1.29, 1.82) is 0 Å². The minimum absolute atomic E-state index is 0.0779. The van der Waals surface area contributed by atoms with Gasteiger partial charge >= 0.3 is 5.97 Å². The van der Waals surface area contributed by atoms with Gasteiger partial charge in [-0.25, -0.2) is 4.79 Å². The average Bonchev–Trinajstić information content (AvgIpc) is 2.39. The molecule has 104 valence electrons. The quantitative estimate of drug-likeness (QED) is 0.822. The zero-order chi connectivity index (χ0) is 13.9. The molecular formula is C15H21NO3. The van der Waals surface area contributed by atoms with Crippen molar-refractivity contribution < 1.29 is 14.6 Å². The van der Waals surface area contributed by atoms with E-state index in [9.17, 15) is 9.90 Å². The number of phenolic OH excluding ortho intramolecular Hbond substituents is 1. The molecule has 4 nitrogen and oxygen atoms in total. The summed E-state index contributed by atoms with van der Waals surface area (Å²) in [7, 11) is 0. The molecule has 1 aromatic rings. The van der Waals surface area contributed by atoms with Crippen LogP contribution in [0.2, 0.25) is 0 Å². The van der Waals surface area contributed by atoms with Crippen LogP contribution in [0, 0.1) is 5.92 Å². The molecule has 0 aliphatic carbocycles. The summed E-state index contributed by atoms with van der Waals surface area (Å²) in [4.78, 5) is 12.1. The Morgan fingerprint density at radius 1 is 1.37 bits per heavy atom. The monoisotopic (exact) mass is 263 g/mol. The largest absolute Gasteiger partial charge is 0.508 e. The lowest BCUT2D eigenvalue weighted by atomic mass is 9.83. The Hall–Kier alpha value is -1.55. The van der Waals surface area contributed by atoms with E-state index >= 15 is 0 Å². The first-order chi connectivity index (χ1) is 8.99. The summed E-state index contributed by atoms with van der Waals surface area (Å²) in [5.41, 5.74) is -0.0908. The number of carbonyl (C=O) groups is 1. The zero-order valence-electron chi connectivity index (χ0n) is 11.5. The van der Waals surface area contributed by atoms with Crippen LogP contribution in [0.3, 0.4) is 0 Å². The Labute approximate surface area is 113 Å². The summed E-state index contributed by atoms with van der Waals surface area (Å²) in [6.45, 7) is 5.86. The molecule has 0 atom stereocenters. The van der Waals surface area contributed by atoms with Crippen molar-refractivity contribution in [2.75, 3.05) is 13.1 Å². The van der Waals surface area contributed by atoms with E-state index in [1.807, 2.05) is 13.8 Å². The number of carbonyl (C=O) groups excluding carboxylic acids is 1. The lowest BCUT2D eigenvalue weighted by molar-refractivity contribution is -0.0368. The van der Waals surface area contributed by atoms with Gasteiger partial charge in [-0.15, -0.1) is 0 Å². The Morgan fingerprint density at radius 2 is 2.05 bits per heavy atom. The molecule has 19 heavy (non-hydrogen) atoms. The van der Waals surface area contributed by atoms with Gasteiger partial charge in [0.25, 0.3) is 0 Å². The molecule has 1 saturated heterocycles. The van der Waals surface area contributed by atoms with Crippen molar-refractivity contribution in [2.45, 2.75) is 32.3 Å². The maximum Gasteiger partial charge on any atom is 0.338 e. The SMILES string of the molecule is CC(C)(OC(=O)c1cccc(O)c1)C1CCNCC1. The number of aromatic hydroxyl groups is 1. The molecule has 1 aromatic carbocycles. The van der Waals surface area contributed by atoms with Crippen LogP contribution in [-0.2, 0) is 4.74 Å². The summed E-state index contributed by atoms with van der Waals surface area (Å²) in [6, 6.07) is 6.26. The van der Waals surface area contributed by atoms with Crippen molar-refractivity contribution in [2.24, 2.45) is 5.92 Å². The molecule has 0 bridgehead atoms. The van der Waals surface area contributed by atoms with Gasteiger partial charge < -0.3 is 15.2 Å². The van der Waals surface area contributed by atoms with Gasteiger partial charge in [0, 0.05) is 5.92 Å². The number of hydrogen-bond acceptors (Lipinski definition) is 4. The molecule has 1 fully saturated rings. The third-order valence-electron chi connectivity index (χ3n) is 3.76. The summed E-state index contributed by atoms with van der Waals surface area (Å²) >= 11 is 0. The molecule has 1 aliphatic rings. The maximum absolute atomic E-state index is 12.1. The standard InChI is InChI=1S/C15H21NO3/c1-15(2,12-6-8-16-9-7-12)19-14(18)11-4-3-5-13(17)10-11/h3-5,10,12,16-17H,6-9H2,1-2H3. The molecule has 4 heteroatoms. The van der Waals surface area contributed by atoms with Crippen LogP contribution in [-0.4, -0.2) is 29.8 Å². The van der Waals surface area contributed by atoms with Crippen LogP contribution in [0.15, 0.2) is 24.3 Å². The molecular weight excluding hydrogens is 242 g/mol. The first-order valence-corrected chi connectivity index (χ1v) is 6.72. The molecule has 0 aromatic heterocycles. The Balaban J connectivity index is 2.04. The van der Waals surface area contributed by atoms with E-state index < -0.39 is 5.60 Å². The van der Waals surface area contributed by atoms with Crippen molar-refractivity contribution in [3.8, 4) is 5.75 Å². The fraction of sp³-hybridized carbons (Fsp3) is 0.533. The third kappa shape index (κ3) is 3.47. The van der Waals surface area contributed by atoms with E-state index in [0.29, 0.717) is 11.5 Å². The van der Waals surface area contributed by atoms with Gasteiger partial charge in [-0.3, -0.25) is 0 Å². The highest BCUT2D eigenvalue weighted by atomic mass is 16.6.